The van der Waals surface area contributed by atoms with E-state index in [1.54, 1.807) is 37.3 Å². The van der Waals surface area contributed by atoms with Gasteiger partial charge in [-0.1, -0.05) is 0 Å². The van der Waals surface area contributed by atoms with Crippen LogP contribution in [-0.2, 0) is 0 Å². The number of rotatable bonds is 3. The minimum Gasteiger partial charge on any atom is -0.497 e. The first kappa shape index (κ1) is 14.8. The molecule has 0 radical (unpaired) electrons. The standard InChI is InChI=1S/C17H13NO5/c1-10-16(11-3-5-12(6-4-11)18(20)21)17(19)14-8-7-13(22-2)9-15(14)23-10/h3-9H,1-2H3. The van der Waals surface area contributed by atoms with Crippen LogP contribution in [0.15, 0.2) is 51.7 Å². The van der Waals surface area contributed by atoms with E-state index in [9.17, 15) is 14.9 Å². The summed E-state index contributed by atoms with van der Waals surface area (Å²) in [6.07, 6.45) is 0. The lowest BCUT2D eigenvalue weighted by atomic mass is 10.0. The number of non-ortho nitro benzene ring substituents is 1. The molecule has 0 bridgehead atoms. The summed E-state index contributed by atoms with van der Waals surface area (Å²) in [6.45, 7) is 1.69. The van der Waals surface area contributed by atoms with Gasteiger partial charge in [-0.2, -0.15) is 0 Å². The minimum atomic E-state index is -0.480. The first-order valence-corrected chi connectivity index (χ1v) is 6.87. The molecular formula is C17H13NO5. The summed E-state index contributed by atoms with van der Waals surface area (Å²) in [6, 6.07) is 10.8. The van der Waals surface area contributed by atoms with Crippen LogP contribution < -0.4 is 10.2 Å². The van der Waals surface area contributed by atoms with E-state index in [0.29, 0.717) is 33.6 Å². The van der Waals surface area contributed by atoms with Crippen molar-refractivity contribution in [3.8, 4) is 16.9 Å². The Balaban J connectivity index is 2.21. The van der Waals surface area contributed by atoms with Crippen molar-refractivity contribution in [1.82, 2.24) is 0 Å². The highest BCUT2D eigenvalue weighted by Crippen LogP contribution is 2.27. The van der Waals surface area contributed by atoms with Crippen LogP contribution in [0, 0.1) is 17.0 Å². The van der Waals surface area contributed by atoms with Gasteiger partial charge in [-0.25, -0.2) is 0 Å². The molecule has 0 N–H and O–H groups in total. The Bertz CT molecular complexity index is 957. The number of ether oxygens (including phenoxy) is 1. The summed E-state index contributed by atoms with van der Waals surface area (Å²) >= 11 is 0. The quantitative estimate of drug-likeness (QED) is 0.544. The third-order valence-electron chi connectivity index (χ3n) is 3.64. The molecule has 0 saturated heterocycles. The van der Waals surface area contributed by atoms with Crippen molar-refractivity contribution in [2.75, 3.05) is 7.11 Å². The van der Waals surface area contributed by atoms with E-state index in [2.05, 4.69) is 0 Å². The zero-order valence-electron chi connectivity index (χ0n) is 12.5. The Hall–Kier alpha value is -3.15. The summed E-state index contributed by atoms with van der Waals surface area (Å²) in [5, 5.41) is 11.2. The van der Waals surface area contributed by atoms with E-state index in [4.69, 9.17) is 9.15 Å². The summed E-state index contributed by atoms with van der Waals surface area (Å²) in [4.78, 5) is 23.0. The number of nitro groups is 1. The Labute approximate surface area is 131 Å². The summed E-state index contributed by atoms with van der Waals surface area (Å²) in [7, 11) is 1.54. The highest BCUT2D eigenvalue weighted by atomic mass is 16.6. The van der Waals surface area contributed by atoms with Gasteiger partial charge in [0, 0.05) is 18.2 Å². The first-order chi connectivity index (χ1) is 11.0. The molecule has 1 heterocycles. The van der Waals surface area contributed by atoms with Gasteiger partial charge < -0.3 is 9.15 Å². The molecule has 6 nitrogen and oxygen atoms in total. The molecule has 0 aliphatic carbocycles. The zero-order chi connectivity index (χ0) is 16.6. The van der Waals surface area contributed by atoms with Crippen LogP contribution >= 0.6 is 0 Å². The van der Waals surface area contributed by atoms with Crippen LogP contribution in [0.2, 0.25) is 0 Å². The average Bonchev–Trinajstić information content (AvgIpc) is 2.54. The summed E-state index contributed by atoms with van der Waals surface area (Å²) < 4.78 is 10.9. The Morgan fingerprint density at radius 3 is 2.43 bits per heavy atom. The van der Waals surface area contributed by atoms with E-state index < -0.39 is 4.92 Å². The highest BCUT2D eigenvalue weighted by molar-refractivity contribution is 5.83. The number of nitro benzene ring substituents is 1. The highest BCUT2D eigenvalue weighted by Gasteiger charge is 2.15. The maximum absolute atomic E-state index is 12.7. The predicted octanol–water partition coefficient (Wildman–Crippen LogP) is 3.69. The minimum absolute atomic E-state index is 0.0266. The van der Waals surface area contributed by atoms with Gasteiger partial charge in [0.1, 0.15) is 17.1 Å². The smallest absolute Gasteiger partial charge is 0.269 e. The molecule has 0 saturated carbocycles. The van der Waals surface area contributed by atoms with Crippen LogP contribution in [0.5, 0.6) is 5.75 Å². The molecule has 2 aromatic carbocycles. The van der Waals surface area contributed by atoms with Crippen molar-refractivity contribution in [3.63, 3.8) is 0 Å². The second-order valence-electron chi connectivity index (χ2n) is 5.03. The number of aryl methyl sites for hydroxylation is 1. The molecule has 0 spiro atoms. The number of benzene rings is 2. The number of nitrogens with zero attached hydrogens (tertiary/aromatic N) is 1. The first-order valence-electron chi connectivity index (χ1n) is 6.87. The number of hydrogen-bond acceptors (Lipinski definition) is 5. The fourth-order valence-corrected chi connectivity index (χ4v) is 2.50. The van der Waals surface area contributed by atoms with Gasteiger partial charge in [0.15, 0.2) is 0 Å². The van der Waals surface area contributed by atoms with Gasteiger partial charge in [0.2, 0.25) is 5.43 Å². The number of methoxy groups -OCH3 is 1. The molecule has 6 heteroatoms. The predicted molar refractivity (Wildman–Crippen MR) is 85.9 cm³/mol. The van der Waals surface area contributed by atoms with Crippen molar-refractivity contribution in [2.24, 2.45) is 0 Å². The molecule has 3 aromatic rings. The third-order valence-corrected chi connectivity index (χ3v) is 3.64. The lowest BCUT2D eigenvalue weighted by Gasteiger charge is -2.08. The van der Waals surface area contributed by atoms with E-state index in [-0.39, 0.29) is 11.1 Å². The Kier molecular flexibility index (Phi) is 3.57. The van der Waals surface area contributed by atoms with Crippen LogP contribution in [0.1, 0.15) is 5.76 Å². The fraction of sp³-hybridized carbons (Fsp3) is 0.118. The van der Waals surface area contributed by atoms with Crippen molar-refractivity contribution in [2.45, 2.75) is 6.92 Å². The average molecular weight is 311 g/mol. The summed E-state index contributed by atoms with van der Waals surface area (Å²) in [5.41, 5.74) is 1.22. The molecule has 3 rings (SSSR count). The topological polar surface area (TPSA) is 82.6 Å². The Morgan fingerprint density at radius 1 is 1.13 bits per heavy atom. The van der Waals surface area contributed by atoms with Crippen molar-refractivity contribution < 1.29 is 14.1 Å². The second-order valence-corrected chi connectivity index (χ2v) is 5.03. The number of fused-ring (bicyclic) bond motifs is 1. The van der Waals surface area contributed by atoms with E-state index in [1.807, 2.05) is 0 Å². The SMILES string of the molecule is COc1ccc2c(=O)c(-c3ccc([N+](=O)[O-])cc3)c(C)oc2c1. The van der Waals surface area contributed by atoms with E-state index in [1.165, 1.54) is 19.2 Å². The van der Waals surface area contributed by atoms with Gasteiger partial charge in [0.25, 0.3) is 5.69 Å². The van der Waals surface area contributed by atoms with Gasteiger partial charge in [0.05, 0.1) is 23.0 Å². The van der Waals surface area contributed by atoms with Crippen molar-refractivity contribution in [1.29, 1.82) is 0 Å². The third kappa shape index (κ3) is 2.55. The Morgan fingerprint density at radius 2 is 1.83 bits per heavy atom. The van der Waals surface area contributed by atoms with Gasteiger partial charge in [-0.15, -0.1) is 0 Å². The van der Waals surface area contributed by atoms with Crippen LogP contribution in [0.4, 0.5) is 5.69 Å². The normalized spacial score (nSPS) is 10.7. The lowest BCUT2D eigenvalue weighted by molar-refractivity contribution is -0.384. The molecule has 0 fully saturated rings. The molecule has 0 atom stereocenters. The van der Waals surface area contributed by atoms with E-state index >= 15 is 0 Å². The monoisotopic (exact) mass is 311 g/mol. The molecule has 0 amide bonds. The molecule has 1 aromatic heterocycles. The molecule has 23 heavy (non-hydrogen) atoms. The van der Waals surface area contributed by atoms with Crippen molar-refractivity contribution >= 4 is 16.7 Å². The molecular weight excluding hydrogens is 298 g/mol. The summed E-state index contributed by atoms with van der Waals surface area (Å²) in [5.74, 6) is 1.05. The number of hydrogen-bond donors (Lipinski definition) is 0. The molecule has 116 valence electrons. The maximum Gasteiger partial charge on any atom is 0.269 e. The lowest BCUT2D eigenvalue weighted by Crippen LogP contribution is -2.07. The van der Waals surface area contributed by atoms with Crippen LogP contribution in [0.25, 0.3) is 22.1 Å². The second kappa shape index (κ2) is 5.57. The van der Waals surface area contributed by atoms with Gasteiger partial charge >= 0.3 is 0 Å². The van der Waals surface area contributed by atoms with Gasteiger partial charge in [-0.3, -0.25) is 14.9 Å². The fourth-order valence-electron chi connectivity index (χ4n) is 2.50. The largest absolute Gasteiger partial charge is 0.497 e. The van der Waals surface area contributed by atoms with E-state index in [0.717, 1.165) is 0 Å². The zero-order valence-corrected chi connectivity index (χ0v) is 12.5. The van der Waals surface area contributed by atoms with Gasteiger partial charge in [-0.05, 0) is 36.8 Å². The van der Waals surface area contributed by atoms with Crippen LogP contribution in [-0.4, -0.2) is 12.0 Å². The molecule has 0 unspecified atom stereocenters. The molecule has 0 aliphatic rings. The maximum atomic E-state index is 12.7. The molecule has 0 aliphatic heterocycles. The van der Waals surface area contributed by atoms with Crippen molar-refractivity contribution in [3.05, 3.63) is 68.6 Å². The van der Waals surface area contributed by atoms with Crippen LogP contribution in [0.3, 0.4) is 0 Å².